The van der Waals surface area contributed by atoms with E-state index >= 15 is 0 Å². The summed E-state index contributed by atoms with van der Waals surface area (Å²) in [6.07, 6.45) is 8.64. The molecule has 2 saturated heterocycles. The molecule has 5 rings (SSSR count). The van der Waals surface area contributed by atoms with Crippen molar-refractivity contribution in [2.24, 2.45) is 35.0 Å². The van der Waals surface area contributed by atoms with Crippen LogP contribution >= 0.6 is 0 Å². The first-order valence-electron chi connectivity index (χ1n) is 13.3. The first-order chi connectivity index (χ1) is 17.4. The van der Waals surface area contributed by atoms with E-state index < -0.39 is 23.0 Å². The number of carbonyl (C=O) groups excluding carboxylic acids is 4. The van der Waals surface area contributed by atoms with Crippen molar-refractivity contribution in [1.82, 2.24) is 0 Å². The molecule has 0 aromatic heterocycles. The van der Waals surface area contributed by atoms with Crippen molar-refractivity contribution < 1.29 is 33.8 Å². The number of rotatable bonds is 3. The molecule has 0 aromatic carbocycles. The number of allylic oxidation sites excluding steroid dienone is 4. The van der Waals surface area contributed by atoms with Crippen LogP contribution in [-0.4, -0.2) is 46.4 Å². The molecule has 1 spiro atoms. The van der Waals surface area contributed by atoms with Crippen molar-refractivity contribution in [3.63, 3.8) is 0 Å². The van der Waals surface area contributed by atoms with Crippen LogP contribution in [0, 0.1) is 35.0 Å². The van der Waals surface area contributed by atoms with Crippen LogP contribution in [0.5, 0.6) is 0 Å². The lowest BCUT2D eigenvalue weighted by Crippen LogP contribution is -2.53. The van der Waals surface area contributed by atoms with E-state index in [2.05, 4.69) is 19.6 Å². The highest BCUT2D eigenvalue weighted by molar-refractivity contribution is 6.03. The van der Waals surface area contributed by atoms with Crippen LogP contribution in [0.2, 0.25) is 0 Å². The number of esters is 2. The fourth-order valence-electron chi connectivity index (χ4n) is 7.69. The molecule has 0 unspecified atom stereocenters. The summed E-state index contributed by atoms with van der Waals surface area (Å²) >= 11 is 0. The molecule has 0 bridgehead atoms. The molecule has 1 saturated carbocycles. The smallest absolute Gasteiger partial charge is 0.334 e. The minimum Gasteiger partial charge on any atom is -0.461 e. The molecule has 7 nitrogen and oxygen atoms in total. The fourth-order valence-corrected chi connectivity index (χ4v) is 7.69. The lowest BCUT2D eigenvalue weighted by molar-refractivity contribution is -0.151. The van der Waals surface area contributed by atoms with Gasteiger partial charge in [0.15, 0.2) is 11.6 Å². The molecule has 0 aromatic rings. The third kappa shape index (κ3) is 3.89. The Hall–Kier alpha value is -2.80. The number of aliphatic hydroxyl groups is 1. The first kappa shape index (κ1) is 25.8. The molecule has 0 amide bonds. The van der Waals surface area contributed by atoms with E-state index in [-0.39, 0.29) is 59.8 Å². The third-order valence-corrected chi connectivity index (χ3v) is 9.77. The van der Waals surface area contributed by atoms with Crippen LogP contribution in [0.15, 0.2) is 47.6 Å². The van der Waals surface area contributed by atoms with E-state index in [9.17, 15) is 24.3 Å². The number of ether oxygens (including phenoxy) is 2. The Morgan fingerprint density at radius 1 is 1.11 bits per heavy atom. The zero-order valence-electron chi connectivity index (χ0n) is 22.0. The van der Waals surface area contributed by atoms with Gasteiger partial charge in [0.25, 0.3) is 0 Å². The molecule has 3 aliphatic carbocycles. The second-order valence-electron chi connectivity index (χ2n) is 11.9. The average molecular weight is 509 g/mol. The van der Waals surface area contributed by atoms with Gasteiger partial charge in [-0.3, -0.25) is 14.4 Å². The van der Waals surface area contributed by atoms with Gasteiger partial charge >= 0.3 is 11.9 Å². The molecule has 0 radical (unpaired) electrons. The predicted molar refractivity (Wildman–Crippen MR) is 135 cm³/mol. The lowest BCUT2D eigenvalue weighted by Gasteiger charge is -2.48. The van der Waals surface area contributed by atoms with Crippen LogP contribution in [0.3, 0.4) is 0 Å². The molecule has 37 heavy (non-hydrogen) atoms. The molecule has 1 N–H and O–H groups in total. The minimum absolute atomic E-state index is 0.0365. The van der Waals surface area contributed by atoms with Crippen molar-refractivity contribution in [1.29, 1.82) is 0 Å². The number of fused-ring (bicyclic) bond motifs is 4. The van der Waals surface area contributed by atoms with E-state index in [1.54, 1.807) is 12.2 Å². The summed E-state index contributed by atoms with van der Waals surface area (Å²) in [6.45, 7) is 10.9. The van der Waals surface area contributed by atoms with E-state index in [1.165, 1.54) is 13.8 Å². The maximum Gasteiger partial charge on any atom is 0.334 e. The van der Waals surface area contributed by atoms with Crippen molar-refractivity contribution in [3.8, 4) is 0 Å². The largest absolute Gasteiger partial charge is 0.461 e. The molecular formula is C30H36O7. The van der Waals surface area contributed by atoms with E-state index in [0.29, 0.717) is 36.8 Å². The SMILES string of the molecule is C=C1C(=O)O[C@@H]2C[C@H](C)[C@]3(O)C=C(C(C)=O)[C@]4(C[C@@H]3C[C@@H]12)C(=O)O[C@H]1C[C@@H](C)C(/C=C/C(C)=O)=CC[C@H]14. The summed E-state index contributed by atoms with van der Waals surface area (Å²) in [5, 5.41) is 12.0. The van der Waals surface area contributed by atoms with Gasteiger partial charge in [0.1, 0.15) is 17.6 Å². The Balaban J connectivity index is 1.59. The number of carbonyl (C=O) groups is 4. The summed E-state index contributed by atoms with van der Waals surface area (Å²) < 4.78 is 11.6. The molecule has 3 fully saturated rings. The predicted octanol–water partition coefficient (Wildman–Crippen LogP) is 3.81. The van der Waals surface area contributed by atoms with Crippen molar-refractivity contribution in [3.05, 3.63) is 47.6 Å². The van der Waals surface area contributed by atoms with Gasteiger partial charge in [0.05, 0.1) is 5.60 Å². The van der Waals surface area contributed by atoms with Crippen LogP contribution < -0.4 is 0 Å². The van der Waals surface area contributed by atoms with E-state index in [1.807, 2.05) is 13.0 Å². The summed E-state index contributed by atoms with van der Waals surface area (Å²) in [4.78, 5) is 50.7. The van der Waals surface area contributed by atoms with Gasteiger partial charge in [-0.2, -0.15) is 0 Å². The van der Waals surface area contributed by atoms with Crippen LogP contribution in [0.1, 0.15) is 59.8 Å². The topological polar surface area (TPSA) is 107 Å². The average Bonchev–Trinajstić information content (AvgIpc) is 3.09. The van der Waals surface area contributed by atoms with Crippen molar-refractivity contribution in [2.75, 3.05) is 0 Å². The Morgan fingerprint density at radius 2 is 1.84 bits per heavy atom. The summed E-state index contributed by atoms with van der Waals surface area (Å²) in [5.74, 6) is -2.17. The Kier molecular flexibility index (Phi) is 6.21. The normalized spacial score (nSPS) is 43.2. The van der Waals surface area contributed by atoms with Crippen LogP contribution in [0.4, 0.5) is 0 Å². The number of hydrogen-bond acceptors (Lipinski definition) is 7. The Labute approximate surface area is 217 Å². The summed E-state index contributed by atoms with van der Waals surface area (Å²) in [6, 6.07) is 0. The van der Waals surface area contributed by atoms with Gasteiger partial charge in [-0.25, -0.2) is 4.79 Å². The molecule has 7 heteroatoms. The Bertz CT molecular complexity index is 1170. The monoisotopic (exact) mass is 508 g/mol. The summed E-state index contributed by atoms with van der Waals surface area (Å²) in [7, 11) is 0. The van der Waals surface area contributed by atoms with E-state index in [4.69, 9.17) is 9.47 Å². The number of hydrogen-bond donors (Lipinski definition) is 1. The zero-order valence-corrected chi connectivity index (χ0v) is 22.0. The zero-order chi connectivity index (χ0) is 26.9. The highest BCUT2D eigenvalue weighted by Gasteiger charge is 2.66. The highest BCUT2D eigenvalue weighted by atomic mass is 16.6. The van der Waals surface area contributed by atoms with Gasteiger partial charge in [-0.05, 0) is 81.4 Å². The maximum atomic E-state index is 13.8. The summed E-state index contributed by atoms with van der Waals surface area (Å²) in [5.41, 5.74) is -0.724. The third-order valence-electron chi connectivity index (χ3n) is 9.77. The number of ketones is 2. The van der Waals surface area contributed by atoms with Gasteiger partial charge < -0.3 is 14.6 Å². The number of Topliss-reactive ketones (excluding diaryl/α,β-unsaturated/α-hetero) is 1. The first-order valence-corrected chi connectivity index (χ1v) is 13.3. The maximum absolute atomic E-state index is 13.8. The second kappa shape index (κ2) is 8.90. The molecular weight excluding hydrogens is 472 g/mol. The molecule has 5 aliphatic rings. The van der Waals surface area contributed by atoms with E-state index in [0.717, 1.165) is 5.57 Å². The van der Waals surface area contributed by atoms with Gasteiger partial charge in [-0.1, -0.05) is 32.6 Å². The molecule has 2 heterocycles. The second-order valence-corrected chi connectivity index (χ2v) is 11.9. The Morgan fingerprint density at radius 3 is 2.51 bits per heavy atom. The molecule has 198 valence electrons. The van der Waals surface area contributed by atoms with Gasteiger partial charge in [0.2, 0.25) is 0 Å². The lowest BCUT2D eigenvalue weighted by atomic mass is 9.54. The molecule has 2 aliphatic heterocycles. The highest BCUT2D eigenvalue weighted by Crippen LogP contribution is 2.61. The minimum atomic E-state index is -1.31. The molecule has 9 atom stereocenters. The van der Waals surface area contributed by atoms with Crippen molar-refractivity contribution in [2.45, 2.75) is 77.6 Å². The quantitative estimate of drug-likeness (QED) is 0.456. The van der Waals surface area contributed by atoms with Crippen LogP contribution in [-0.2, 0) is 28.7 Å². The standard InChI is InChI=1S/C30H36O7/c1-15-10-26-23(9-8-20(15)7-6-17(3)31)29(28(34)37-26)13-21-12-22-18(4)27(33)36-25(22)11-16(2)30(21,35)14-24(29)19(5)32/h6-8,14-16,21-23,25-26,35H,4,9-13H2,1-3,5H3/b7-6+/t15-,16+,21+,22+,23-,25-,26+,29-,30-/m1/s1. The van der Waals surface area contributed by atoms with Crippen LogP contribution in [0.25, 0.3) is 0 Å². The fraction of sp³-hybridized carbons (Fsp3) is 0.600. The van der Waals surface area contributed by atoms with Crippen molar-refractivity contribution >= 4 is 23.5 Å². The van der Waals surface area contributed by atoms with Gasteiger partial charge in [0, 0.05) is 23.0 Å². The van der Waals surface area contributed by atoms with Gasteiger partial charge in [-0.15, -0.1) is 0 Å².